The Morgan fingerprint density at radius 2 is 0.684 bits per heavy atom. The lowest BCUT2D eigenvalue weighted by molar-refractivity contribution is -0.143. The van der Waals surface area contributed by atoms with Crippen molar-refractivity contribution in [2.75, 3.05) is 11.5 Å². The van der Waals surface area contributed by atoms with Crippen LogP contribution in [0.3, 0.4) is 0 Å². The molecule has 0 atom stereocenters. The summed E-state index contributed by atoms with van der Waals surface area (Å²) in [5.74, 6) is -2.89. The summed E-state index contributed by atoms with van der Waals surface area (Å²) in [6.07, 6.45) is -21.2. The maximum Gasteiger partial charge on any atom is 0.418 e. The number of nitrogen functional groups attached to an aromatic ring is 2. The lowest BCUT2D eigenvalue weighted by atomic mass is 10.1. The Hall–Kier alpha value is -3.98. The van der Waals surface area contributed by atoms with Crippen LogP contribution in [0.1, 0.15) is 22.3 Å². The first-order valence-corrected chi connectivity index (χ1v) is 9.79. The number of ether oxygens (including phenoxy) is 2. The second-order valence-electron chi connectivity index (χ2n) is 7.53. The van der Waals surface area contributed by atoms with E-state index in [2.05, 4.69) is 0 Å². The number of hydrogen-bond donors (Lipinski definition) is 2. The molecule has 0 radical (unpaired) electrons. The van der Waals surface area contributed by atoms with Gasteiger partial charge in [0, 0.05) is 6.07 Å². The molecule has 3 rings (SSSR count). The minimum atomic E-state index is -5.30. The van der Waals surface area contributed by atoms with Crippen LogP contribution in [0.25, 0.3) is 0 Å². The van der Waals surface area contributed by atoms with Gasteiger partial charge >= 0.3 is 24.7 Å². The van der Waals surface area contributed by atoms with E-state index in [-0.39, 0.29) is 24.3 Å². The van der Waals surface area contributed by atoms with E-state index < -0.39 is 81.3 Å². The number of nitrogens with two attached hydrogens (primary N) is 2. The molecule has 0 aromatic heterocycles. The predicted octanol–water partition coefficient (Wildman–Crippen LogP) is 8.51. The summed E-state index contributed by atoms with van der Waals surface area (Å²) in [4.78, 5) is 0. The highest BCUT2D eigenvalue weighted by Crippen LogP contribution is 2.46. The summed E-state index contributed by atoms with van der Waals surface area (Å²) in [6, 6.07) is 4.64. The molecule has 0 saturated carbocycles. The van der Waals surface area contributed by atoms with Crippen LogP contribution in [-0.4, -0.2) is 0 Å². The van der Waals surface area contributed by atoms with E-state index >= 15 is 0 Å². The van der Waals surface area contributed by atoms with E-state index in [1.54, 1.807) is 0 Å². The zero-order valence-corrected chi connectivity index (χ0v) is 18.1. The van der Waals surface area contributed by atoms with Crippen molar-refractivity contribution in [3.63, 3.8) is 0 Å². The van der Waals surface area contributed by atoms with Gasteiger partial charge in [0.25, 0.3) is 0 Å². The van der Waals surface area contributed by atoms with Crippen LogP contribution in [0.5, 0.6) is 23.0 Å². The minimum absolute atomic E-state index is 0.184. The maximum atomic E-state index is 13.2. The van der Waals surface area contributed by atoms with Gasteiger partial charge in [-0.25, -0.2) is 0 Å². The molecule has 0 saturated heterocycles. The number of benzene rings is 3. The van der Waals surface area contributed by atoms with Crippen molar-refractivity contribution < 1.29 is 62.2 Å². The van der Waals surface area contributed by atoms with Gasteiger partial charge in [0.15, 0.2) is 0 Å². The summed E-state index contributed by atoms with van der Waals surface area (Å²) in [5.41, 5.74) is -0.522. The molecule has 0 spiro atoms. The van der Waals surface area contributed by atoms with Gasteiger partial charge in [0.05, 0.1) is 33.6 Å². The first-order chi connectivity index (χ1) is 17.2. The molecule has 0 fully saturated rings. The Bertz CT molecular complexity index is 1170. The van der Waals surface area contributed by atoms with E-state index in [1.165, 1.54) is 0 Å². The topological polar surface area (TPSA) is 70.5 Å². The molecular weight excluding hydrogens is 552 g/mol. The van der Waals surface area contributed by atoms with Crippen molar-refractivity contribution in [3.8, 4) is 23.0 Å². The summed E-state index contributed by atoms with van der Waals surface area (Å²) in [5, 5.41) is 0. The monoisotopic (exact) mass is 564 g/mol. The van der Waals surface area contributed by atoms with Gasteiger partial charge < -0.3 is 20.9 Å². The van der Waals surface area contributed by atoms with Crippen molar-refractivity contribution in [1.82, 2.24) is 0 Å². The lowest BCUT2D eigenvalue weighted by Crippen LogP contribution is -2.16. The highest BCUT2D eigenvalue weighted by Gasteiger charge is 2.42. The van der Waals surface area contributed by atoms with Crippen molar-refractivity contribution >= 4 is 11.4 Å². The normalized spacial score (nSPS) is 12.9. The van der Waals surface area contributed by atoms with Crippen LogP contribution in [0.4, 0.5) is 64.1 Å². The molecule has 38 heavy (non-hydrogen) atoms. The van der Waals surface area contributed by atoms with Crippen molar-refractivity contribution in [2.45, 2.75) is 24.7 Å². The van der Waals surface area contributed by atoms with Gasteiger partial charge in [-0.15, -0.1) is 0 Å². The Morgan fingerprint density at radius 1 is 0.421 bits per heavy atom. The second kappa shape index (κ2) is 9.40. The van der Waals surface area contributed by atoms with Gasteiger partial charge in [0.2, 0.25) is 0 Å². The fourth-order valence-corrected chi connectivity index (χ4v) is 3.18. The number of halogens is 12. The molecule has 0 unspecified atom stereocenters. The van der Waals surface area contributed by atoms with Crippen LogP contribution in [0.2, 0.25) is 0 Å². The molecule has 3 aromatic carbocycles. The standard InChI is InChI=1S/C22H12F12N2O2/c23-19(24,25)13-5-11(6-14(17(13)35)20(26,27)28)37-9-2-1-3-10(4-9)38-12-7-15(21(29,30)31)18(36)16(8-12)22(32,33)34/h1-8H,35-36H2. The molecule has 0 bridgehead atoms. The van der Waals surface area contributed by atoms with Crippen molar-refractivity contribution in [2.24, 2.45) is 0 Å². The summed E-state index contributed by atoms with van der Waals surface area (Å²) >= 11 is 0. The lowest BCUT2D eigenvalue weighted by Gasteiger charge is -2.19. The van der Waals surface area contributed by atoms with Crippen molar-refractivity contribution in [3.05, 3.63) is 70.8 Å². The highest BCUT2D eigenvalue weighted by atomic mass is 19.4. The number of rotatable bonds is 4. The smallest absolute Gasteiger partial charge is 0.418 e. The van der Waals surface area contributed by atoms with Crippen LogP contribution >= 0.6 is 0 Å². The maximum absolute atomic E-state index is 13.2. The Balaban J connectivity index is 2.01. The Morgan fingerprint density at radius 3 is 0.921 bits per heavy atom. The molecular formula is C22H12F12N2O2. The largest absolute Gasteiger partial charge is 0.457 e. The molecule has 4 N–H and O–H groups in total. The van der Waals surface area contributed by atoms with Crippen molar-refractivity contribution in [1.29, 1.82) is 0 Å². The third-order valence-corrected chi connectivity index (χ3v) is 4.81. The molecule has 0 aliphatic heterocycles. The highest BCUT2D eigenvalue weighted by molar-refractivity contribution is 5.61. The molecule has 0 heterocycles. The molecule has 0 amide bonds. The molecule has 0 aliphatic rings. The van der Waals surface area contributed by atoms with Gasteiger partial charge in [-0.2, -0.15) is 52.7 Å². The Kier molecular flexibility index (Phi) is 7.07. The van der Waals surface area contributed by atoms with Crippen LogP contribution in [-0.2, 0) is 24.7 Å². The van der Waals surface area contributed by atoms with E-state index in [0.29, 0.717) is 0 Å². The average molecular weight is 564 g/mol. The zero-order chi connectivity index (χ0) is 28.8. The van der Waals surface area contributed by atoms with Gasteiger partial charge in [-0.05, 0) is 36.4 Å². The second-order valence-corrected chi connectivity index (χ2v) is 7.53. The van der Waals surface area contributed by atoms with E-state index in [0.717, 1.165) is 24.3 Å². The van der Waals surface area contributed by atoms with Crippen LogP contribution in [0.15, 0.2) is 48.5 Å². The van der Waals surface area contributed by atoms with E-state index in [1.807, 2.05) is 0 Å². The average Bonchev–Trinajstić information content (AvgIpc) is 2.73. The molecule has 16 heteroatoms. The minimum Gasteiger partial charge on any atom is -0.457 e. The number of hydrogen-bond acceptors (Lipinski definition) is 4. The van der Waals surface area contributed by atoms with E-state index in [9.17, 15) is 52.7 Å². The number of alkyl halides is 12. The number of anilines is 2. The molecule has 4 nitrogen and oxygen atoms in total. The molecule has 3 aromatic rings. The first kappa shape index (κ1) is 28.6. The first-order valence-electron chi connectivity index (χ1n) is 9.79. The van der Waals surface area contributed by atoms with Crippen LogP contribution in [0, 0.1) is 0 Å². The Labute approximate surface area is 204 Å². The third kappa shape index (κ3) is 6.28. The summed E-state index contributed by atoms with van der Waals surface area (Å²) in [6.45, 7) is 0. The molecule has 206 valence electrons. The van der Waals surface area contributed by atoms with Gasteiger partial charge in [-0.1, -0.05) is 6.07 Å². The molecule has 0 aliphatic carbocycles. The quantitative estimate of drug-likeness (QED) is 0.246. The van der Waals surface area contributed by atoms with Gasteiger partial charge in [0.1, 0.15) is 23.0 Å². The van der Waals surface area contributed by atoms with Gasteiger partial charge in [-0.3, -0.25) is 0 Å². The summed E-state index contributed by atoms with van der Waals surface area (Å²) in [7, 11) is 0. The predicted molar refractivity (Wildman–Crippen MR) is 108 cm³/mol. The SMILES string of the molecule is Nc1c(C(F)(F)F)cc(Oc2cccc(Oc3cc(C(F)(F)F)c(N)c(C(F)(F)F)c3)c2)cc1C(F)(F)F. The fourth-order valence-electron chi connectivity index (χ4n) is 3.18. The van der Waals surface area contributed by atoms with Crippen LogP contribution < -0.4 is 20.9 Å². The summed E-state index contributed by atoms with van der Waals surface area (Å²) < 4.78 is 169. The fraction of sp³-hybridized carbons (Fsp3) is 0.182. The van der Waals surface area contributed by atoms with E-state index in [4.69, 9.17) is 20.9 Å². The zero-order valence-electron chi connectivity index (χ0n) is 18.1. The third-order valence-electron chi connectivity index (χ3n) is 4.81.